The number of nitrogens with one attached hydrogen (secondary N) is 1. The quantitative estimate of drug-likeness (QED) is 0.649. The second-order valence-electron chi connectivity index (χ2n) is 5.43. The van der Waals surface area contributed by atoms with E-state index in [9.17, 15) is 4.79 Å². The van der Waals surface area contributed by atoms with Crippen LogP contribution in [0.2, 0.25) is 0 Å². The van der Waals surface area contributed by atoms with Crippen LogP contribution in [0.15, 0.2) is 65.3 Å². The van der Waals surface area contributed by atoms with E-state index >= 15 is 0 Å². The largest absolute Gasteiger partial charge is 0.481 e. The van der Waals surface area contributed by atoms with Crippen LogP contribution < -0.4 is 10.2 Å². The molecule has 0 heterocycles. The summed E-state index contributed by atoms with van der Waals surface area (Å²) in [6, 6.07) is 18.4. The van der Waals surface area contributed by atoms with Crippen LogP contribution >= 0.6 is 0 Å². The van der Waals surface area contributed by atoms with Crippen molar-refractivity contribution < 1.29 is 9.53 Å². The SMILES string of the molecule is CC(/C=N/NC(=O)C(C)Oc1ccc(C#N)cc1)=C\c1ccccc1. The summed E-state index contributed by atoms with van der Waals surface area (Å²) >= 11 is 0. The van der Waals surface area contributed by atoms with E-state index in [-0.39, 0.29) is 5.91 Å². The number of nitrogens with zero attached hydrogens (tertiary/aromatic N) is 2. The molecule has 0 fully saturated rings. The number of allylic oxidation sites excluding steroid dienone is 1. The smallest absolute Gasteiger partial charge is 0.280 e. The molecule has 0 saturated heterocycles. The highest BCUT2D eigenvalue weighted by molar-refractivity contribution is 5.87. The van der Waals surface area contributed by atoms with Crippen LogP contribution in [0.25, 0.3) is 6.08 Å². The fraction of sp³-hybridized carbons (Fsp3) is 0.150. The molecule has 1 unspecified atom stereocenters. The van der Waals surface area contributed by atoms with E-state index in [1.807, 2.05) is 49.4 Å². The lowest BCUT2D eigenvalue weighted by atomic mass is 10.1. The molecule has 0 aliphatic heterocycles. The number of carbonyl (C=O) groups is 1. The zero-order valence-corrected chi connectivity index (χ0v) is 14.1. The number of hydrazone groups is 1. The summed E-state index contributed by atoms with van der Waals surface area (Å²) in [4.78, 5) is 12.0. The van der Waals surface area contributed by atoms with E-state index in [0.717, 1.165) is 11.1 Å². The van der Waals surface area contributed by atoms with Crippen molar-refractivity contribution in [3.63, 3.8) is 0 Å². The Balaban J connectivity index is 1.86. The van der Waals surface area contributed by atoms with E-state index in [1.165, 1.54) is 0 Å². The zero-order valence-electron chi connectivity index (χ0n) is 14.1. The molecule has 2 aromatic rings. The second kappa shape index (κ2) is 9.04. The Bertz CT molecular complexity index is 803. The molecule has 2 aromatic carbocycles. The topological polar surface area (TPSA) is 74.5 Å². The summed E-state index contributed by atoms with van der Waals surface area (Å²) in [5.41, 5.74) is 4.97. The molecule has 25 heavy (non-hydrogen) atoms. The average molecular weight is 333 g/mol. The number of ether oxygens (including phenoxy) is 1. The number of amides is 1. The maximum atomic E-state index is 12.0. The van der Waals surface area contributed by atoms with Gasteiger partial charge in [0.2, 0.25) is 0 Å². The molecular formula is C20H19N3O2. The molecule has 5 nitrogen and oxygen atoms in total. The van der Waals surface area contributed by atoms with E-state index < -0.39 is 6.10 Å². The van der Waals surface area contributed by atoms with Crippen LogP contribution in [-0.2, 0) is 4.79 Å². The molecule has 0 bridgehead atoms. The third-order valence-electron chi connectivity index (χ3n) is 3.30. The first kappa shape index (κ1) is 18.0. The van der Waals surface area contributed by atoms with Gasteiger partial charge in [-0.3, -0.25) is 4.79 Å². The van der Waals surface area contributed by atoms with Crippen molar-refractivity contribution in [3.05, 3.63) is 71.3 Å². The molecule has 1 N–H and O–H groups in total. The highest BCUT2D eigenvalue weighted by Crippen LogP contribution is 2.13. The maximum Gasteiger partial charge on any atom is 0.280 e. The number of carbonyl (C=O) groups excluding carboxylic acids is 1. The van der Waals surface area contributed by atoms with Gasteiger partial charge >= 0.3 is 0 Å². The van der Waals surface area contributed by atoms with E-state index in [4.69, 9.17) is 10.00 Å². The summed E-state index contributed by atoms with van der Waals surface area (Å²) in [6.07, 6.45) is 2.84. The maximum absolute atomic E-state index is 12.0. The van der Waals surface area contributed by atoms with Crippen molar-refractivity contribution in [3.8, 4) is 11.8 Å². The third-order valence-corrected chi connectivity index (χ3v) is 3.30. The molecule has 5 heteroatoms. The van der Waals surface area contributed by atoms with E-state index in [2.05, 4.69) is 10.5 Å². The van der Waals surface area contributed by atoms with Gasteiger partial charge in [-0.25, -0.2) is 5.43 Å². The molecule has 0 aliphatic rings. The van der Waals surface area contributed by atoms with Crippen molar-refractivity contribution in [2.24, 2.45) is 5.10 Å². The third kappa shape index (κ3) is 5.96. The van der Waals surface area contributed by atoms with Crippen molar-refractivity contribution >= 4 is 18.2 Å². The fourth-order valence-corrected chi connectivity index (χ4v) is 2.00. The van der Waals surface area contributed by atoms with Gasteiger partial charge < -0.3 is 4.74 Å². The number of rotatable bonds is 6. The predicted molar refractivity (Wildman–Crippen MR) is 98.0 cm³/mol. The molecular weight excluding hydrogens is 314 g/mol. The monoisotopic (exact) mass is 333 g/mol. The molecule has 1 atom stereocenters. The summed E-state index contributed by atoms with van der Waals surface area (Å²) in [6.45, 7) is 3.54. The summed E-state index contributed by atoms with van der Waals surface area (Å²) in [5.74, 6) is 0.166. The zero-order chi connectivity index (χ0) is 18.1. The number of benzene rings is 2. The van der Waals surface area contributed by atoms with Crippen molar-refractivity contribution in [2.75, 3.05) is 0 Å². The minimum absolute atomic E-state index is 0.354. The molecule has 0 saturated carbocycles. The second-order valence-corrected chi connectivity index (χ2v) is 5.43. The van der Waals surface area contributed by atoms with Gasteiger partial charge in [0.25, 0.3) is 5.91 Å². The Hall–Kier alpha value is -3.39. The van der Waals surface area contributed by atoms with Gasteiger partial charge in [0.1, 0.15) is 5.75 Å². The standard InChI is InChI=1S/C20H19N3O2/c1-15(12-17-6-4-3-5-7-17)14-22-23-20(24)16(2)25-19-10-8-18(13-21)9-11-19/h3-12,14,16H,1-2H3,(H,23,24)/b15-12+,22-14+. The average Bonchev–Trinajstić information content (AvgIpc) is 2.63. The first-order chi connectivity index (χ1) is 12.1. The Labute approximate surface area is 147 Å². The van der Waals surface area contributed by atoms with Crippen LogP contribution in [0.3, 0.4) is 0 Å². The minimum Gasteiger partial charge on any atom is -0.481 e. The van der Waals surface area contributed by atoms with Crippen LogP contribution in [0.1, 0.15) is 25.0 Å². The molecule has 0 aliphatic carbocycles. The van der Waals surface area contributed by atoms with Gasteiger partial charge in [0, 0.05) is 0 Å². The number of nitriles is 1. The van der Waals surface area contributed by atoms with Crippen LogP contribution in [0.4, 0.5) is 0 Å². The Kier molecular flexibility index (Phi) is 6.49. The van der Waals surface area contributed by atoms with Crippen molar-refractivity contribution in [1.29, 1.82) is 5.26 Å². The summed E-state index contributed by atoms with van der Waals surface area (Å²) in [7, 11) is 0. The lowest BCUT2D eigenvalue weighted by Gasteiger charge is -2.12. The van der Waals surface area contributed by atoms with Gasteiger partial charge in [0.05, 0.1) is 17.8 Å². The van der Waals surface area contributed by atoms with Gasteiger partial charge in [-0.05, 0) is 49.2 Å². The predicted octanol–water partition coefficient (Wildman–Crippen LogP) is 3.53. The van der Waals surface area contributed by atoms with Crippen LogP contribution in [0, 0.1) is 11.3 Å². The van der Waals surface area contributed by atoms with Crippen molar-refractivity contribution in [2.45, 2.75) is 20.0 Å². The lowest BCUT2D eigenvalue weighted by molar-refractivity contribution is -0.127. The minimum atomic E-state index is -0.705. The van der Waals surface area contributed by atoms with Gasteiger partial charge in [0.15, 0.2) is 6.10 Å². The first-order valence-electron chi connectivity index (χ1n) is 7.81. The highest BCUT2D eigenvalue weighted by atomic mass is 16.5. The fourth-order valence-electron chi connectivity index (χ4n) is 2.00. The number of hydrogen-bond donors (Lipinski definition) is 1. The number of hydrogen-bond acceptors (Lipinski definition) is 4. The molecule has 0 radical (unpaired) electrons. The molecule has 126 valence electrons. The van der Waals surface area contributed by atoms with Gasteiger partial charge in [-0.2, -0.15) is 10.4 Å². The van der Waals surface area contributed by atoms with E-state index in [1.54, 1.807) is 37.4 Å². The van der Waals surface area contributed by atoms with E-state index in [0.29, 0.717) is 11.3 Å². The summed E-state index contributed by atoms with van der Waals surface area (Å²) in [5, 5.41) is 12.7. The first-order valence-corrected chi connectivity index (χ1v) is 7.81. The van der Waals surface area contributed by atoms with Crippen molar-refractivity contribution in [1.82, 2.24) is 5.43 Å². The van der Waals surface area contributed by atoms with Gasteiger partial charge in [-0.1, -0.05) is 36.4 Å². The Morgan fingerprint density at radius 3 is 2.52 bits per heavy atom. The highest BCUT2D eigenvalue weighted by Gasteiger charge is 2.13. The molecule has 0 aromatic heterocycles. The van der Waals surface area contributed by atoms with Gasteiger partial charge in [-0.15, -0.1) is 0 Å². The summed E-state index contributed by atoms with van der Waals surface area (Å²) < 4.78 is 5.52. The lowest BCUT2D eigenvalue weighted by Crippen LogP contribution is -2.33. The normalized spacial score (nSPS) is 12.4. The molecule has 2 rings (SSSR count). The van der Waals surface area contributed by atoms with Crippen LogP contribution in [-0.4, -0.2) is 18.2 Å². The van der Waals surface area contributed by atoms with Crippen LogP contribution in [0.5, 0.6) is 5.75 Å². The Morgan fingerprint density at radius 1 is 1.20 bits per heavy atom. The molecule has 0 spiro atoms. The molecule has 1 amide bonds. The Morgan fingerprint density at radius 2 is 1.88 bits per heavy atom.